The van der Waals surface area contributed by atoms with Crippen LogP contribution in [-0.4, -0.2) is 14.8 Å². The molecule has 0 N–H and O–H groups in total. The predicted molar refractivity (Wildman–Crippen MR) is 311 cm³/mol. The summed E-state index contributed by atoms with van der Waals surface area (Å²) in [7, 11) is 2.87. The molecule has 0 spiro atoms. The highest BCUT2D eigenvalue weighted by Gasteiger charge is 2.22. The highest BCUT2D eigenvalue weighted by atomic mass is 31.0. The van der Waals surface area contributed by atoms with Gasteiger partial charge in [0, 0.05) is 43.8 Å². The summed E-state index contributed by atoms with van der Waals surface area (Å²) in [6.07, 6.45) is 0. The van der Waals surface area contributed by atoms with E-state index in [0.717, 1.165) is 94.5 Å². The largest absolute Gasteiger partial charge is 0.309 e. The van der Waals surface area contributed by atoms with E-state index in [1.807, 2.05) is 42.5 Å². The van der Waals surface area contributed by atoms with Crippen molar-refractivity contribution in [1.82, 2.24) is 9.13 Å². The quantitative estimate of drug-likeness (QED) is 0.107. The Kier molecular flexibility index (Phi) is 11.7. The van der Waals surface area contributed by atoms with Gasteiger partial charge in [-0.3, -0.25) is 4.99 Å². The molecule has 0 aliphatic carbocycles. The van der Waals surface area contributed by atoms with Gasteiger partial charge in [-0.05, 0) is 164 Å². The van der Waals surface area contributed by atoms with Crippen LogP contribution >= 0.6 is 9.24 Å². The van der Waals surface area contributed by atoms with E-state index in [4.69, 9.17) is 4.99 Å². The molecule has 0 fully saturated rings. The summed E-state index contributed by atoms with van der Waals surface area (Å²) in [5, 5.41) is 25.7. The lowest BCUT2D eigenvalue weighted by Crippen LogP contribution is -2.08. The first-order chi connectivity index (χ1) is 36.1. The number of fused-ring (bicyclic) bond motifs is 6. The van der Waals surface area contributed by atoms with Crippen molar-refractivity contribution in [3.8, 4) is 56.9 Å². The van der Waals surface area contributed by atoms with Crippen molar-refractivity contribution in [1.29, 1.82) is 10.5 Å². The van der Waals surface area contributed by atoms with Gasteiger partial charge in [-0.2, -0.15) is 10.5 Å². The molecule has 1 unspecified atom stereocenters. The Labute approximate surface area is 433 Å². The zero-order chi connectivity index (χ0) is 50.6. The number of hydrogen-bond acceptors (Lipinski definition) is 3. The van der Waals surface area contributed by atoms with Gasteiger partial charge in [0.25, 0.3) is 0 Å². The van der Waals surface area contributed by atoms with Crippen LogP contribution in [0.1, 0.15) is 50.1 Å². The van der Waals surface area contributed by atoms with E-state index in [1.54, 1.807) is 0 Å². The van der Waals surface area contributed by atoms with E-state index >= 15 is 0 Å². The van der Waals surface area contributed by atoms with Crippen molar-refractivity contribution < 1.29 is 0 Å². The molecule has 2 aromatic heterocycles. The van der Waals surface area contributed by atoms with E-state index in [-0.39, 0.29) is 0 Å². The Morgan fingerprint density at radius 2 is 0.905 bits per heavy atom. The van der Waals surface area contributed by atoms with Crippen molar-refractivity contribution in [2.24, 2.45) is 4.99 Å². The second-order valence-corrected chi connectivity index (χ2v) is 20.3. The van der Waals surface area contributed by atoms with E-state index in [9.17, 15) is 10.5 Å². The maximum atomic E-state index is 10.3. The molecule has 352 valence electrons. The van der Waals surface area contributed by atoms with Crippen molar-refractivity contribution in [3.05, 3.63) is 256 Å². The van der Waals surface area contributed by atoms with Crippen molar-refractivity contribution in [2.45, 2.75) is 34.2 Å². The number of rotatable bonds is 9. The van der Waals surface area contributed by atoms with Crippen LogP contribution in [0.3, 0.4) is 0 Å². The normalized spacial score (nSPS) is 11.7. The molecular formula is C68H50N5P. The second kappa shape index (κ2) is 18.8. The van der Waals surface area contributed by atoms with Gasteiger partial charge >= 0.3 is 0 Å². The zero-order valence-electron chi connectivity index (χ0n) is 41.7. The molecule has 0 aliphatic heterocycles. The Bertz CT molecular complexity index is 4240. The van der Waals surface area contributed by atoms with E-state index in [1.165, 1.54) is 43.8 Å². The summed E-state index contributed by atoms with van der Waals surface area (Å²) < 4.78 is 4.80. The van der Waals surface area contributed by atoms with Crippen LogP contribution in [0.15, 0.2) is 211 Å². The van der Waals surface area contributed by atoms with Crippen LogP contribution in [0, 0.1) is 50.4 Å². The van der Waals surface area contributed by atoms with Crippen LogP contribution in [-0.2, 0) is 6.54 Å². The fourth-order valence-corrected chi connectivity index (χ4v) is 11.1. The molecule has 10 aromatic carbocycles. The topological polar surface area (TPSA) is 69.8 Å². The van der Waals surface area contributed by atoms with E-state index in [0.29, 0.717) is 17.7 Å². The summed E-state index contributed by atoms with van der Waals surface area (Å²) in [5.74, 6) is 0. The number of hydrogen-bond donors (Lipinski definition) is 0. The highest BCUT2D eigenvalue weighted by molar-refractivity contribution is 7.27. The Balaban J connectivity index is 1.11. The first-order valence-electron chi connectivity index (χ1n) is 24.9. The molecule has 0 bridgehead atoms. The molecular weight excluding hydrogens is 918 g/mol. The van der Waals surface area contributed by atoms with Gasteiger partial charge in [-0.15, -0.1) is 9.24 Å². The van der Waals surface area contributed by atoms with E-state index in [2.05, 4.69) is 222 Å². The lowest BCUT2D eigenvalue weighted by Gasteiger charge is -2.19. The number of nitriles is 2. The van der Waals surface area contributed by atoms with Crippen molar-refractivity contribution in [3.63, 3.8) is 0 Å². The van der Waals surface area contributed by atoms with Gasteiger partial charge in [0.1, 0.15) is 0 Å². The molecule has 5 nitrogen and oxygen atoms in total. The standard InChI is InChI=1S/C68H50N5P/c1-42-8-5-12-51(30-42)56-36-53(21-27-62(56)72-64-24-14-43(2)31-58(64)59-32-44(3)15-25-65(59)72)68(71-41-48-10-7-11-50(35-48)49-19-17-46(39-69)18-20-49)54-22-28-63(57(37-54)52-13-6-9-47(34-52)40-70)73-66-26-16-45(4)33-60(66)61-38-55(74)23-29-67(61)73/h5-38H,41,74H2,1-4H3. The predicted octanol–water partition coefficient (Wildman–Crippen LogP) is 16.4. The number of nitrogens with zero attached hydrogens (tertiary/aromatic N) is 5. The molecule has 0 saturated carbocycles. The molecule has 6 heteroatoms. The number of aryl methyl sites for hydroxylation is 4. The van der Waals surface area contributed by atoms with Crippen molar-refractivity contribution >= 4 is 63.9 Å². The second-order valence-electron chi connectivity index (χ2n) is 19.6. The maximum Gasteiger partial charge on any atom is 0.0991 e. The summed E-state index contributed by atoms with van der Waals surface area (Å²) in [6, 6.07) is 78.0. The Morgan fingerprint density at radius 1 is 0.419 bits per heavy atom. The molecule has 0 radical (unpaired) electrons. The minimum absolute atomic E-state index is 0.414. The van der Waals surface area contributed by atoms with Gasteiger partial charge in [0.15, 0.2) is 0 Å². The van der Waals surface area contributed by atoms with Crippen LogP contribution in [0.5, 0.6) is 0 Å². The summed E-state index contributed by atoms with van der Waals surface area (Å²) >= 11 is 0. The number of aliphatic imine (C=N–C) groups is 1. The van der Waals surface area contributed by atoms with Crippen LogP contribution < -0.4 is 5.30 Å². The Morgan fingerprint density at radius 3 is 1.46 bits per heavy atom. The molecule has 0 aliphatic rings. The van der Waals surface area contributed by atoms with Crippen molar-refractivity contribution in [2.75, 3.05) is 0 Å². The maximum absolute atomic E-state index is 10.3. The average molecular weight is 968 g/mol. The fourth-order valence-electron chi connectivity index (χ4n) is 10.8. The minimum Gasteiger partial charge on any atom is -0.309 e. The molecule has 1 atom stereocenters. The number of benzene rings is 10. The molecule has 12 aromatic rings. The smallest absolute Gasteiger partial charge is 0.0991 e. The summed E-state index contributed by atoms with van der Waals surface area (Å²) in [5.41, 5.74) is 22.7. The lowest BCUT2D eigenvalue weighted by atomic mass is 9.92. The monoisotopic (exact) mass is 967 g/mol. The number of aromatic nitrogens is 2. The molecule has 0 amide bonds. The SMILES string of the molecule is Cc1cccc(-c2cc(C(=NCc3cccc(-c4ccc(C#N)cc4)c3)c3ccc(-n4c5ccc(C)cc5c5cc(P)ccc54)c(-c4cccc(C#N)c4)c3)ccc2-n2c3ccc(C)cc3c3cc(C)ccc32)c1. The molecule has 2 heterocycles. The van der Waals surface area contributed by atoms with Gasteiger partial charge in [0.05, 0.1) is 69.0 Å². The molecule has 74 heavy (non-hydrogen) atoms. The first kappa shape index (κ1) is 46.0. The molecule has 0 saturated heterocycles. The van der Waals surface area contributed by atoms with Gasteiger partial charge < -0.3 is 9.13 Å². The van der Waals surface area contributed by atoms with Crippen LogP contribution in [0.2, 0.25) is 0 Å². The van der Waals surface area contributed by atoms with E-state index < -0.39 is 0 Å². The summed E-state index contributed by atoms with van der Waals surface area (Å²) in [6.45, 7) is 9.04. The molecule has 12 rings (SSSR count). The highest BCUT2D eigenvalue weighted by Crippen LogP contribution is 2.41. The summed E-state index contributed by atoms with van der Waals surface area (Å²) in [4.78, 5) is 5.65. The Hall–Kier alpha value is -9.12. The fraction of sp³-hybridized carbons (Fsp3) is 0.0735. The van der Waals surface area contributed by atoms with Gasteiger partial charge in [0.2, 0.25) is 0 Å². The minimum atomic E-state index is 0.414. The third-order valence-corrected chi connectivity index (χ3v) is 14.7. The van der Waals surface area contributed by atoms with Crippen LogP contribution in [0.25, 0.3) is 88.4 Å². The first-order valence-corrected chi connectivity index (χ1v) is 25.5. The van der Waals surface area contributed by atoms with Gasteiger partial charge in [-0.1, -0.05) is 125 Å². The van der Waals surface area contributed by atoms with Crippen LogP contribution in [0.4, 0.5) is 0 Å². The third kappa shape index (κ3) is 8.34. The average Bonchev–Trinajstić information content (AvgIpc) is 3.93. The lowest BCUT2D eigenvalue weighted by molar-refractivity contribution is 1.07. The third-order valence-electron chi connectivity index (χ3n) is 14.4. The zero-order valence-corrected chi connectivity index (χ0v) is 42.8. The van der Waals surface area contributed by atoms with Gasteiger partial charge in [-0.25, -0.2) is 0 Å².